The zero-order chi connectivity index (χ0) is 13.1. The van der Waals surface area contributed by atoms with Crippen molar-refractivity contribution in [2.24, 2.45) is 0 Å². The lowest BCUT2D eigenvalue weighted by atomic mass is 10.1. The standard InChI is InChI=1S/C14H13FN2O/c1-10(18)12-4-5-17(8-12)9-13-6-14(15)3-2-11(13)7-16/h2-6,8,10,18H,9H2,1H3. The van der Waals surface area contributed by atoms with Crippen LogP contribution in [0.1, 0.15) is 29.7 Å². The van der Waals surface area contributed by atoms with Crippen molar-refractivity contribution >= 4 is 0 Å². The second-order valence-electron chi connectivity index (χ2n) is 4.21. The van der Waals surface area contributed by atoms with Gasteiger partial charge in [0, 0.05) is 18.9 Å². The minimum atomic E-state index is -0.533. The molecule has 1 heterocycles. The van der Waals surface area contributed by atoms with Crippen molar-refractivity contribution in [2.75, 3.05) is 0 Å². The van der Waals surface area contributed by atoms with Gasteiger partial charge in [0.05, 0.1) is 17.7 Å². The molecule has 0 spiro atoms. The Morgan fingerprint density at radius 2 is 2.22 bits per heavy atom. The van der Waals surface area contributed by atoms with Crippen molar-refractivity contribution in [3.63, 3.8) is 0 Å². The summed E-state index contributed by atoms with van der Waals surface area (Å²) in [5, 5.41) is 18.4. The number of aromatic nitrogens is 1. The first-order valence-corrected chi connectivity index (χ1v) is 5.62. The predicted octanol–water partition coefficient (Wildman–Crippen LogP) is 2.60. The molecule has 92 valence electrons. The molecule has 0 bridgehead atoms. The number of hydrogen-bond acceptors (Lipinski definition) is 2. The summed E-state index contributed by atoms with van der Waals surface area (Å²) < 4.78 is 15.0. The molecule has 0 amide bonds. The SMILES string of the molecule is CC(O)c1ccn(Cc2cc(F)ccc2C#N)c1. The van der Waals surface area contributed by atoms with Crippen molar-refractivity contribution in [1.29, 1.82) is 5.26 Å². The molecule has 0 radical (unpaired) electrons. The quantitative estimate of drug-likeness (QED) is 0.902. The molecule has 1 atom stereocenters. The molecule has 1 aromatic carbocycles. The first-order valence-electron chi connectivity index (χ1n) is 5.62. The van der Waals surface area contributed by atoms with Gasteiger partial charge in [0.1, 0.15) is 5.82 Å². The molecule has 2 aromatic rings. The molecule has 1 unspecified atom stereocenters. The molecule has 0 aliphatic rings. The number of benzene rings is 1. The highest BCUT2D eigenvalue weighted by Gasteiger charge is 2.07. The number of nitrogens with zero attached hydrogens (tertiary/aromatic N) is 2. The van der Waals surface area contributed by atoms with Crippen LogP contribution in [0.15, 0.2) is 36.7 Å². The summed E-state index contributed by atoms with van der Waals surface area (Å²) in [6.07, 6.45) is 3.05. The number of aliphatic hydroxyl groups excluding tert-OH is 1. The van der Waals surface area contributed by atoms with Crippen molar-refractivity contribution in [3.05, 3.63) is 59.2 Å². The maximum atomic E-state index is 13.2. The van der Waals surface area contributed by atoms with E-state index >= 15 is 0 Å². The van der Waals surface area contributed by atoms with Gasteiger partial charge in [0.2, 0.25) is 0 Å². The molecular weight excluding hydrogens is 231 g/mol. The second kappa shape index (κ2) is 5.03. The smallest absolute Gasteiger partial charge is 0.123 e. The van der Waals surface area contributed by atoms with Crippen LogP contribution in [0.5, 0.6) is 0 Å². The van der Waals surface area contributed by atoms with E-state index in [1.165, 1.54) is 18.2 Å². The van der Waals surface area contributed by atoms with E-state index in [0.717, 1.165) is 5.56 Å². The first-order chi connectivity index (χ1) is 8.60. The third kappa shape index (κ3) is 2.58. The van der Waals surface area contributed by atoms with Gasteiger partial charge < -0.3 is 9.67 Å². The van der Waals surface area contributed by atoms with Crippen LogP contribution in [-0.4, -0.2) is 9.67 Å². The summed E-state index contributed by atoms with van der Waals surface area (Å²) in [7, 11) is 0. The molecule has 1 aromatic heterocycles. The van der Waals surface area contributed by atoms with Crippen LogP contribution in [0.4, 0.5) is 4.39 Å². The Morgan fingerprint density at radius 3 is 2.83 bits per heavy atom. The summed E-state index contributed by atoms with van der Waals surface area (Å²) in [6.45, 7) is 2.09. The third-order valence-corrected chi connectivity index (χ3v) is 2.80. The van der Waals surface area contributed by atoms with Crippen LogP contribution < -0.4 is 0 Å². The topological polar surface area (TPSA) is 49.0 Å². The Balaban J connectivity index is 2.28. The summed E-state index contributed by atoms with van der Waals surface area (Å²) in [5.41, 5.74) is 1.89. The molecular formula is C14H13FN2O. The van der Waals surface area contributed by atoms with Crippen LogP contribution in [0.25, 0.3) is 0 Å². The summed E-state index contributed by atoms with van der Waals surface area (Å²) in [4.78, 5) is 0. The van der Waals surface area contributed by atoms with E-state index in [1.54, 1.807) is 25.4 Å². The van der Waals surface area contributed by atoms with Crippen LogP contribution in [0.3, 0.4) is 0 Å². The first kappa shape index (κ1) is 12.3. The van der Waals surface area contributed by atoms with Gasteiger partial charge in [-0.15, -0.1) is 0 Å². The zero-order valence-electron chi connectivity index (χ0n) is 9.97. The largest absolute Gasteiger partial charge is 0.389 e. The molecule has 0 aliphatic heterocycles. The molecule has 2 rings (SSSR count). The Hall–Kier alpha value is -2.12. The van der Waals surface area contributed by atoms with Crippen molar-refractivity contribution in [2.45, 2.75) is 19.6 Å². The Kier molecular flexibility index (Phi) is 3.45. The summed E-state index contributed by atoms with van der Waals surface area (Å²) in [5.74, 6) is -0.355. The molecule has 1 N–H and O–H groups in total. The fraction of sp³-hybridized carbons (Fsp3) is 0.214. The van der Waals surface area contributed by atoms with E-state index in [-0.39, 0.29) is 5.82 Å². The predicted molar refractivity (Wildman–Crippen MR) is 65.3 cm³/mol. The Bertz CT molecular complexity index is 596. The van der Waals surface area contributed by atoms with E-state index in [1.807, 2.05) is 10.6 Å². The van der Waals surface area contributed by atoms with Gasteiger partial charge in [-0.1, -0.05) is 0 Å². The average Bonchev–Trinajstić information content (AvgIpc) is 2.78. The minimum Gasteiger partial charge on any atom is -0.389 e. The van der Waals surface area contributed by atoms with Crippen LogP contribution in [0, 0.1) is 17.1 Å². The molecule has 0 saturated carbocycles. The van der Waals surface area contributed by atoms with Gasteiger partial charge in [-0.2, -0.15) is 5.26 Å². The summed E-state index contributed by atoms with van der Waals surface area (Å²) >= 11 is 0. The van der Waals surface area contributed by atoms with E-state index in [9.17, 15) is 9.50 Å². The normalized spacial score (nSPS) is 12.1. The summed E-state index contributed by atoms with van der Waals surface area (Å²) in [6, 6.07) is 7.96. The lowest BCUT2D eigenvalue weighted by molar-refractivity contribution is 0.199. The van der Waals surface area contributed by atoms with Gasteiger partial charge in [0.15, 0.2) is 0 Å². The van der Waals surface area contributed by atoms with Gasteiger partial charge in [-0.25, -0.2) is 4.39 Å². The van der Waals surface area contributed by atoms with Crippen molar-refractivity contribution in [3.8, 4) is 6.07 Å². The number of nitriles is 1. The molecule has 0 fully saturated rings. The zero-order valence-corrected chi connectivity index (χ0v) is 9.97. The number of rotatable bonds is 3. The van der Waals surface area contributed by atoms with Crippen LogP contribution in [0.2, 0.25) is 0 Å². The van der Waals surface area contributed by atoms with Gasteiger partial charge >= 0.3 is 0 Å². The highest BCUT2D eigenvalue weighted by molar-refractivity contribution is 5.38. The average molecular weight is 244 g/mol. The maximum Gasteiger partial charge on any atom is 0.123 e. The molecule has 4 heteroatoms. The van der Waals surface area contributed by atoms with Gasteiger partial charge in [-0.3, -0.25) is 0 Å². The van der Waals surface area contributed by atoms with E-state index in [2.05, 4.69) is 0 Å². The van der Waals surface area contributed by atoms with Crippen molar-refractivity contribution < 1.29 is 9.50 Å². The van der Waals surface area contributed by atoms with E-state index < -0.39 is 6.10 Å². The highest BCUT2D eigenvalue weighted by atomic mass is 19.1. The maximum absolute atomic E-state index is 13.2. The van der Waals surface area contributed by atoms with Crippen LogP contribution in [-0.2, 0) is 6.54 Å². The lowest BCUT2D eigenvalue weighted by Gasteiger charge is -2.06. The molecule has 18 heavy (non-hydrogen) atoms. The van der Waals surface area contributed by atoms with E-state index in [0.29, 0.717) is 17.7 Å². The van der Waals surface area contributed by atoms with Gasteiger partial charge in [-0.05, 0) is 42.3 Å². The Labute approximate surface area is 105 Å². The monoisotopic (exact) mass is 244 g/mol. The molecule has 0 saturated heterocycles. The minimum absolute atomic E-state index is 0.355. The lowest BCUT2D eigenvalue weighted by Crippen LogP contribution is -2.00. The van der Waals surface area contributed by atoms with Crippen LogP contribution >= 0.6 is 0 Å². The van der Waals surface area contributed by atoms with E-state index in [4.69, 9.17) is 5.26 Å². The molecule has 0 aliphatic carbocycles. The van der Waals surface area contributed by atoms with Gasteiger partial charge in [0.25, 0.3) is 0 Å². The third-order valence-electron chi connectivity index (χ3n) is 2.80. The Morgan fingerprint density at radius 1 is 1.44 bits per heavy atom. The number of hydrogen-bond donors (Lipinski definition) is 1. The fourth-order valence-corrected chi connectivity index (χ4v) is 1.80. The molecule has 3 nitrogen and oxygen atoms in total. The van der Waals surface area contributed by atoms with Crippen molar-refractivity contribution in [1.82, 2.24) is 4.57 Å². The number of aliphatic hydroxyl groups is 1. The highest BCUT2D eigenvalue weighted by Crippen LogP contribution is 2.16. The number of halogens is 1. The fourth-order valence-electron chi connectivity index (χ4n) is 1.80. The second-order valence-corrected chi connectivity index (χ2v) is 4.21.